The van der Waals surface area contributed by atoms with Crippen LogP contribution < -0.4 is 25.2 Å². The highest BCUT2D eigenvalue weighted by Crippen LogP contribution is 2.48. The lowest BCUT2D eigenvalue weighted by Gasteiger charge is -2.41. The van der Waals surface area contributed by atoms with Crippen molar-refractivity contribution >= 4 is 57.5 Å². The van der Waals surface area contributed by atoms with Crippen molar-refractivity contribution in [3.8, 4) is 5.75 Å². The number of methoxy groups -OCH3 is 2. The summed E-state index contributed by atoms with van der Waals surface area (Å²) < 4.78 is 10.5. The minimum atomic E-state index is -0.334. The molecule has 3 aromatic rings. The third kappa shape index (κ3) is 5.37. The first-order valence-corrected chi connectivity index (χ1v) is 14.1. The molecule has 2 aromatic carbocycles. The van der Waals surface area contributed by atoms with Gasteiger partial charge >= 0.3 is 0 Å². The fourth-order valence-corrected chi connectivity index (χ4v) is 6.24. The molecule has 0 saturated carbocycles. The molecule has 3 heterocycles. The molecule has 2 atom stereocenters. The van der Waals surface area contributed by atoms with Crippen molar-refractivity contribution in [1.82, 2.24) is 10.3 Å². The largest absolute Gasteiger partial charge is 0.495 e. The third-order valence-electron chi connectivity index (χ3n) is 7.76. The number of benzene rings is 2. The van der Waals surface area contributed by atoms with Crippen LogP contribution in [0.4, 0.5) is 17.1 Å². The van der Waals surface area contributed by atoms with Gasteiger partial charge in [0.1, 0.15) is 12.4 Å². The van der Waals surface area contributed by atoms with E-state index in [1.807, 2.05) is 47.4 Å². The molecule has 0 aliphatic carbocycles. The van der Waals surface area contributed by atoms with Crippen LogP contribution in [0, 0.1) is 0 Å². The monoisotopic (exact) mass is 591 g/mol. The second-order valence-electron chi connectivity index (χ2n) is 10.8. The number of rotatable bonds is 7. The maximum absolute atomic E-state index is 12.4. The fourth-order valence-electron chi connectivity index (χ4n) is 5.62. The topological polar surface area (TPSA) is 79.0 Å². The number of fused-ring (bicyclic) bond motifs is 1. The summed E-state index contributed by atoms with van der Waals surface area (Å²) in [6, 6.07) is 15.0. The van der Waals surface area contributed by atoms with Gasteiger partial charge in [0.05, 0.1) is 36.1 Å². The lowest BCUT2D eigenvalue weighted by Crippen LogP contribution is -2.42. The summed E-state index contributed by atoms with van der Waals surface area (Å²) in [5, 5.41) is 7.52. The molecule has 2 aliphatic heterocycles. The average molecular weight is 592 g/mol. The normalized spacial score (nSPS) is 19.4. The highest BCUT2D eigenvalue weighted by molar-refractivity contribution is 7.80. The van der Waals surface area contributed by atoms with Crippen LogP contribution in [0.1, 0.15) is 49.7 Å². The Hall–Kier alpha value is -3.66. The molecule has 0 radical (unpaired) electrons. The lowest BCUT2D eigenvalue weighted by atomic mass is 9.86. The van der Waals surface area contributed by atoms with Gasteiger partial charge in [-0.2, -0.15) is 0 Å². The van der Waals surface area contributed by atoms with Crippen molar-refractivity contribution in [3.63, 3.8) is 0 Å². The maximum Gasteiger partial charge on any atom is 0.250 e. The number of likely N-dealkylation sites (N-methyl/N-ethyl adjacent to an activating group) is 1. The van der Waals surface area contributed by atoms with Crippen molar-refractivity contribution < 1.29 is 14.3 Å². The first-order chi connectivity index (χ1) is 19.6. The minimum Gasteiger partial charge on any atom is -0.495 e. The second kappa shape index (κ2) is 11.3. The Morgan fingerprint density at radius 2 is 1.98 bits per heavy atom. The maximum atomic E-state index is 12.4. The predicted molar refractivity (Wildman–Crippen MR) is 169 cm³/mol. The Kier molecular flexibility index (Phi) is 7.96. The zero-order valence-corrected chi connectivity index (χ0v) is 25.6. The summed E-state index contributed by atoms with van der Waals surface area (Å²) in [6.45, 7) is 6.43. The van der Waals surface area contributed by atoms with Crippen molar-refractivity contribution in [2.24, 2.45) is 0 Å². The van der Waals surface area contributed by atoms with Crippen molar-refractivity contribution in [3.05, 3.63) is 82.6 Å². The van der Waals surface area contributed by atoms with E-state index in [9.17, 15) is 4.79 Å². The van der Waals surface area contributed by atoms with Gasteiger partial charge in [0.25, 0.3) is 0 Å². The van der Waals surface area contributed by atoms with Gasteiger partial charge in [0.2, 0.25) is 5.91 Å². The molecule has 0 bridgehead atoms. The number of halogens is 1. The summed E-state index contributed by atoms with van der Waals surface area (Å²) in [5.41, 5.74) is 6.25. The molecule has 1 saturated heterocycles. The number of hydrogen-bond acceptors (Lipinski definition) is 6. The molecule has 1 aromatic heterocycles. The van der Waals surface area contributed by atoms with E-state index < -0.39 is 0 Å². The van der Waals surface area contributed by atoms with E-state index in [0.29, 0.717) is 21.6 Å². The number of amides is 1. The number of thiocarbonyl (C=S) groups is 1. The van der Waals surface area contributed by atoms with Gasteiger partial charge < -0.3 is 29.9 Å². The standard InChI is InChI=1S/C31H34ClN5O3S/c1-18-16-31(2,3)36(4)25-15-22(32)21(14-20(18)25)29-28(23-9-7-8-12-33-23)35-30(41)37(29)19-10-11-26(40-6)24(13-19)34-27(38)17-39-5/h7-16,28-29H,17H2,1-6H3,(H,34,38)(H,35,41)/t28-,29+/m0/s1. The number of carbonyl (C=O) groups excluding carboxylic acids is 1. The smallest absolute Gasteiger partial charge is 0.250 e. The quantitative estimate of drug-likeness (QED) is 0.317. The van der Waals surface area contributed by atoms with Gasteiger partial charge in [-0.25, -0.2) is 0 Å². The molecule has 10 heteroatoms. The van der Waals surface area contributed by atoms with E-state index >= 15 is 0 Å². The van der Waals surface area contributed by atoms with Crippen LogP contribution in [0.25, 0.3) is 5.57 Å². The van der Waals surface area contributed by atoms with Crippen molar-refractivity contribution in [2.75, 3.05) is 43.0 Å². The van der Waals surface area contributed by atoms with E-state index in [0.717, 1.165) is 28.2 Å². The fraction of sp³-hybridized carbons (Fsp3) is 0.323. The van der Waals surface area contributed by atoms with Gasteiger partial charge in [0.15, 0.2) is 5.11 Å². The number of aromatic nitrogens is 1. The summed E-state index contributed by atoms with van der Waals surface area (Å²) in [5.74, 6) is 0.229. The Bertz CT molecular complexity index is 1530. The molecule has 8 nitrogen and oxygen atoms in total. The van der Waals surface area contributed by atoms with Crippen molar-refractivity contribution in [1.29, 1.82) is 0 Å². The molecule has 2 aliphatic rings. The summed E-state index contributed by atoms with van der Waals surface area (Å²) in [4.78, 5) is 21.3. The van der Waals surface area contributed by atoms with Gasteiger partial charge in [-0.1, -0.05) is 23.7 Å². The van der Waals surface area contributed by atoms with Crippen molar-refractivity contribution in [2.45, 2.75) is 38.4 Å². The zero-order valence-electron chi connectivity index (χ0n) is 24.0. The summed E-state index contributed by atoms with van der Waals surface area (Å²) >= 11 is 13.1. The highest BCUT2D eigenvalue weighted by Gasteiger charge is 2.43. The molecular weight excluding hydrogens is 558 g/mol. The Morgan fingerprint density at radius 3 is 2.66 bits per heavy atom. The second-order valence-corrected chi connectivity index (χ2v) is 11.6. The number of allylic oxidation sites excluding steroid dienone is 1. The SMILES string of the molecule is COCC(=O)Nc1cc(N2C(=S)N[C@@H](c3ccccn3)[C@H]2c2cc3c(cc2Cl)N(C)C(C)(C)C=C3C)ccc1OC. The van der Waals surface area contributed by atoms with E-state index in [1.165, 1.54) is 12.7 Å². The molecule has 1 fully saturated rings. The molecule has 41 heavy (non-hydrogen) atoms. The van der Waals surface area contributed by atoms with Gasteiger partial charge in [-0.05, 0) is 86.6 Å². The molecule has 0 spiro atoms. The number of carbonyl (C=O) groups is 1. The number of nitrogens with zero attached hydrogens (tertiary/aromatic N) is 3. The van der Waals surface area contributed by atoms with Crippen LogP contribution in [0.3, 0.4) is 0 Å². The number of anilines is 3. The van der Waals surface area contributed by atoms with E-state index in [1.54, 1.807) is 13.3 Å². The van der Waals surface area contributed by atoms with E-state index in [-0.39, 0.29) is 30.1 Å². The van der Waals surface area contributed by atoms with Crippen LogP contribution in [0.2, 0.25) is 5.02 Å². The molecule has 2 N–H and O–H groups in total. The number of nitrogens with one attached hydrogen (secondary N) is 2. The molecule has 1 amide bonds. The third-order valence-corrected chi connectivity index (χ3v) is 8.40. The van der Waals surface area contributed by atoms with Crippen LogP contribution in [0.5, 0.6) is 5.75 Å². The Labute approximate surface area is 251 Å². The van der Waals surface area contributed by atoms with E-state index in [2.05, 4.69) is 60.5 Å². The highest BCUT2D eigenvalue weighted by atomic mass is 35.5. The zero-order chi connectivity index (χ0) is 29.5. The van der Waals surface area contributed by atoms with E-state index in [4.69, 9.17) is 33.3 Å². The predicted octanol–water partition coefficient (Wildman–Crippen LogP) is 6.14. The number of pyridine rings is 1. The summed E-state index contributed by atoms with van der Waals surface area (Å²) in [7, 11) is 5.12. The Balaban J connectivity index is 1.67. The number of hydrogen-bond donors (Lipinski definition) is 2. The van der Waals surface area contributed by atoms with Crippen LogP contribution in [-0.2, 0) is 9.53 Å². The van der Waals surface area contributed by atoms with Gasteiger partial charge in [-0.3, -0.25) is 9.78 Å². The van der Waals surface area contributed by atoms with Gasteiger partial charge in [-0.15, -0.1) is 0 Å². The molecule has 214 valence electrons. The van der Waals surface area contributed by atoms with Crippen LogP contribution >= 0.6 is 23.8 Å². The Morgan fingerprint density at radius 1 is 1.20 bits per heavy atom. The first kappa shape index (κ1) is 28.9. The molecule has 0 unspecified atom stereocenters. The average Bonchev–Trinajstić information content (AvgIpc) is 3.28. The number of ether oxygens (including phenoxy) is 2. The first-order valence-electron chi connectivity index (χ1n) is 13.3. The minimum absolute atomic E-state index is 0.0791. The molecule has 5 rings (SSSR count). The van der Waals surface area contributed by atoms with Gasteiger partial charge in [0, 0.05) is 42.3 Å². The van der Waals surface area contributed by atoms with Crippen LogP contribution in [-0.4, -0.2) is 49.4 Å². The molecular formula is C31H34ClN5O3S. The lowest BCUT2D eigenvalue weighted by molar-refractivity contribution is -0.119. The van der Waals surface area contributed by atoms with Crippen LogP contribution in [0.15, 0.2) is 60.8 Å². The summed E-state index contributed by atoms with van der Waals surface area (Å²) in [6.07, 6.45) is 4.05.